The van der Waals surface area contributed by atoms with Crippen LogP contribution in [-0.4, -0.2) is 39.0 Å². The van der Waals surface area contributed by atoms with Crippen LogP contribution in [-0.2, 0) is 4.79 Å². The molecule has 9 heteroatoms. The van der Waals surface area contributed by atoms with E-state index in [4.69, 9.17) is 11.6 Å². The van der Waals surface area contributed by atoms with Crippen LogP contribution in [0.4, 0.5) is 4.79 Å². The van der Waals surface area contributed by atoms with Gasteiger partial charge in [-0.05, 0) is 42.8 Å². The number of hydrogen-bond donors (Lipinski definition) is 2. The van der Waals surface area contributed by atoms with Crippen LogP contribution in [0.2, 0.25) is 5.02 Å². The van der Waals surface area contributed by atoms with Crippen LogP contribution in [0.1, 0.15) is 13.3 Å². The molecular formula is C20H20ClN5O2S. The molecule has 0 radical (unpaired) electrons. The predicted molar refractivity (Wildman–Crippen MR) is 114 cm³/mol. The molecule has 2 aromatic carbocycles. The van der Waals surface area contributed by atoms with E-state index in [2.05, 4.69) is 20.8 Å². The number of urea groups is 1. The highest BCUT2D eigenvalue weighted by Crippen LogP contribution is 2.28. The maximum atomic E-state index is 12.1. The van der Waals surface area contributed by atoms with Crippen molar-refractivity contribution in [1.82, 2.24) is 25.4 Å². The molecule has 0 fully saturated rings. The molecule has 2 N–H and O–H groups in total. The van der Waals surface area contributed by atoms with E-state index >= 15 is 0 Å². The van der Waals surface area contributed by atoms with Crippen molar-refractivity contribution in [2.75, 3.05) is 12.3 Å². The average Bonchev–Trinajstić information content (AvgIpc) is 3.16. The summed E-state index contributed by atoms with van der Waals surface area (Å²) in [5.74, 6) is 0.265. The molecule has 0 aliphatic rings. The molecule has 0 aliphatic carbocycles. The number of amides is 3. The fourth-order valence-electron chi connectivity index (χ4n) is 2.53. The first-order chi connectivity index (χ1) is 14.1. The molecule has 29 heavy (non-hydrogen) atoms. The van der Waals surface area contributed by atoms with Gasteiger partial charge in [-0.25, -0.2) is 4.79 Å². The largest absolute Gasteiger partial charge is 0.338 e. The Hall–Kier alpha value is -2.84. The van der Waals surface area contributed by atoms with E-state index in [9.17, 15) is 9.59 Å². The molecule has 3 rings (SSSR count). The molecule has 1 aromatic heterocycles. The highest BCUT2D eigenvalue weighted by atomic mass is 35.5. The summed E-state index contributed by atoms with van der Waals surface area (Å²) in [5, 5.41) is 14.7. The lowest BCUT2D eigenvalue weighted by Gasteiger charge is -2.10. The van der Waals surface area contributed by atoms with Gasteiger partial charge in [-0.1, -0.05) is 48.5 Å². The van der Waals surface area contributed by atoms with E-state index in [1.165, 1.54) is 11.8 Å². The molecule has 150 valence electrons. The number of hydrogen-bond acceptors (Lipinski definition) is 5. The number of benzene rings is 2. The molecule has 0 saturated carbocycles. The Morgan fingerprint density at radius 1 is 1.07 bits per heavy atom. The van der Waals surface area contributed by atoms with E-state index in [1.807, 2.05) is 54.0 Å². The smallest absolute Gasteiger partial charge is 0.321 e. The van der Waals surface area contributed by atoms with Gasteiger partial charge in [0.2, 0.25) is 5.91 Å². The maximum Gasteiger partial charge on any atom is 0.321 e. The fraction of sp³-hybridized carbons (Fsp3) is 0.200. The summed E-state index contributed by atoms with van der Waals surface area (Å²) in [6, 6.07) is 16.4. The Balaban J connectivity index is 1.81. The van der Waals surface area contributed by atoms with E-state index in [0.29, 0.717) is 22.5 Å². The van der Waals surface area contributed by atoms with Crippen molar-refractivity contribution >= 4 is 35.3 Å². The van der Waals surface area contributed by atoms with Crippen molar-refractivity contribution in [3.05, 3.63) is 59.6 Å². The van der Waals surface area contributed by atoms with Gasteiger partial charge in [0.25, 0.3) is 0 Å². The number of carbonyl (C=O) groups excluding carboxylic acids is 2. The zero-order valence-electron chi connectivity index (χ0n) is 15.8. The quantitative estimate of drug-likeness (QED) is 0.556. The Kier molecular flexibility index (Phi) is 7.26. The van der Waals surface area contributed by atoms with Crippen molar-refractivity contribution in [1.29, 1.82) is 0 Å². The minimum absolute atomic E-state index is 0.0329. The number of para-hydroxylation sites is 1. The van der Waals surface area contributed by atoms with Gasteiger partial charge >= 0.3 is 6.03 Å². The average molecular weight is 430 g/mol. The number of imide groups is 1. The van der Waals surface area contributed by atoms with Crippen LogP contribution in [0, 0.1) is 0 Å². The first-order valence-electron chi connectivity index (χ1n) is 9.05. The monoisotopic (exact) mass is 429 g/mol. The Bertz CT molecular complexity index is 976. The lowest BCUT2D eigenvalue weighted by Crippen LogP contribution is -2.40. The zero-order valence-corrected chi connectivity index (χ0v) is 17.3. The molecule has 3 aromatic rings. The van der Waals surface area contributed by atoms with Crippen LogP contribution in [0.5, 0.6) is 0 Å². The number of rotatable bonds is 7. The third kappa shape index (κ3) is 5.58. The minimum Gasteiger partial charge on any atom is -0.338 e. The molecule has 0 atom stereocenters. The zero-order chi connectivity index (χ0) is 20.6. The topological polar surface area (TPSA) is 88.9 Å². The third-order valence-corrected chi connectivity index (χ3v) is 5.05. The molecule has 0 bridgehead atoms. The van der Waals surface area contributed by atoms with Crippen LogP contribution >= 0.6 is 23.4 Å². The molecule has 0 saturated heterocycles. The Morgan fingerprint density at radius 2 is 1.79 bits per heavy atom. The molecule has 0 spiro atoms. The number of thioether (sulfide) groups is 1. The lowest BCUT2D eigenvalue weighted by molar-refractivity contribution is -0.117. The lowest BCUT2D eigenvalue weighted by atomic mass is 10.2. The van der Waals surface area contributed by atoms with Crippen molar-refractivity contribution in [3.63, 3.8) is 0 Å². The number of nitrogens with zero attached hydrogens (tertiary/aromatic N) is 3. The van der Waals surface area contributed by atoms with Crippen LogP contribution in [0.25, 0.3) is 17.1 Å². The second-order valence-electron chi connectivity index (χ2n) is 6.08. The summed E-state index contributed by atoms with van der Waals surface area (Å²) in [5.41, 5.74) is 1.71. The Morgan fingerprint density at radius 3 is 2.48 bits per heavy atom. The first kappa shape index (κ1) is 20.9. The van der Waals surface area contributed by atoms with Gasteiger partial charge < -0.3 is 5.32 Å². The van der Waals surface area contributed by atoms with Gasteiger partial charge in [0.1, 0.15) is 0 Å². The Labute approximate surface area is 177 Å². The van der Waals surface area contributed by atoms with Gasteiger partial charge in [-0.2, -0.15) is 0 Å². The van der Waals surface area contributed by atoms with E-state index in [1.54, 1.807) is 12.1 Å². The fourth-order valence-corrected chi connectivity index (χ4v) is 3.41. The summed E-state index contributed by atoms with van der Waals surface area (Å²) in [4.78, 5) is 23.7. The highest BCUT2D eigenvalue weighted by molar-refractivity contribution is 7.99. The third-order valence-electron chi connectivity index (χ3n) is 3.87. The van der Waals surface area contributed by atoms with Gasteiger partial charge in [-0.15, -0.1) is 10.2 Å². The summed E-state index contributed by atoms with van der Waals surface area (Å²) in [7, 11) is 0. The first-order valence-corrected chi connectivity index (χ1v) is 10.4. The summed E-state index contributed by atoms with van der Waals surface area (Å²) < 4.78 is 1.87. The van der Waals surface area contributed by atoms with E-state index < -0.39 is 11.9 Å². The van der Waals surface area contributed by atoms with E-state index in [-0.39, 0.29) is 5.75 Å². The summed E-state index contributed by atoms with van der Waals surface area (Å²) in [6.45, 7) is 2.45. The van der Waals surface area contributed by atoms with Crippen LogP contribution < -0.4 is 10.6 Å². The molecule has 7 nitrogen and oxygen atoms in total. The van der Waals surface area contributed by atoms with Gasteiger partial charge in [-0.3, -0.25) is 14.7 Å². The number of nitrogens with one attached hydrogen (secondary N) is 2. The predicted octanol–water partition coefficient (Wildman–Crippen LogP) is 3.92. The van der Waals surface area contributed by atoms with Crippen molar-refractivity contribution in [2.45, 2.75) is 18.5 Å². The second kappa shape index (κ2) is 10.1. The van der Waals surface area contributed by atoms with E-state index in [0.717, 1.165) is 17.7 Å². The number of halogens is 1. The van der Waals surface area contributed by atoms with Crippen molar-refractivity contribution in [3.8, 4) is 17.1 Å². The van der Waals surface area contributed by atoms with Crippen molar-refractivity contribution in [2.24, 2.45) is 0 Å². The number of carbonyl (C=O) groups is 2. The van der Waals surface area contributed by atoms with Gasteiger partial charge in [0, 0.05) is 22.8 Å². The second-order valence-corrected chi connectivity index (χ2v) is 7.46. The molecule has 0 aliphatic heterocycles. The summed E-state index contributed by atoms with van der Waals surface area (Å²) >= 11 is 7.20. The maximum absolute atomic E-state index is 12.1. The van der Waals surface area contributed by atoms with Crippen LogP contribution in [0.3, 0.4) is 0 Å². The standard InChI is InChI=1S/C20H20ClN5O2S/c1-2-12-22-19(28)23-17(27)13-29-20-25-24-18(14-8-10-15(21)11-9-14)26(20)16-6-4-3-5-7-16/h3-11H,2,12-13H2,1H3,(H2,22,23,27,28). The molecular weight excluding hydrogens is 410 g/mol. The molecule has 1 heterocycles. The van der Waals surface area contributed by atoms with Gasteiger partial charge in [0.15, 0.2) is 11.0 Å². The summed E-state index contributed by atoms with van der Waals surface area (Å²) in [6.07, 6.45) is 0.796. The van der Waals surface area contributed by atoms with Gasteiger partial charge in [0.05, 0.1) is 5.75 Å². The van der Waals surface area contributed by atoms with Crippen molar-refractivity contribution < 1.29 is 9.59 Å². The number of aromatic nitrogens is 3. The molecule has 3 amide bonds. The highest BCUT2D eigenvalue weighted by Gasteiger charge is 2.17. The molecule has 0 unspecified atom stereocenters. The minimum atomic E-state index is -0.496. The SMILES string of the molecule is CCCNC(=O)NC(=O)CSc1nnc(-c2ccc(Cl)cc2)n1-c1ccccc1. The normalized spacial score (nSPS) is 10.6. The van der Waals surface area contributed by atoms with Crippen LogP contribution in [0.15, 0.2) is 59.8 Å².